The van der Waals surface area contributed by atoms with Gasteiger partial charge in [0.25, 0.3) is 0 Å². The Morgan fingerprint density at radius 3 is 2.53 bits per heavy atom. The van der Waals surface area contributed by atoms with E-state index in [2.05, 4.69) is 29.7 Å². The zero-order chi connectivity index (χ0) is 13.0. The summed E-state index contributed by atoms with van der Waals surface area (Å²) >= 11 is 6.15. The number of hydrogen-bond donors (Lipinski definition) is 0. The highest BCUT2D eigenvalue weighted by atomic mass is 35.5. The van der Waals surface area contributed by atoms with Crippen molar-refractivity contribution in [3.05, 3.63) is 29.6 Å². The summed E-state index contributed by atoms with van der Waals surface area (Å²) in [7, 11) is 0. The quantitative estimate of drug-likeness (QED) is 0.754. The molecule has 2 aromatic rings. The van der Waals surface area contributed by atoms with E-state index in [0.29, 0.717) is 11.9 Å². The molecular weight excluding hydrogens is 256 g/mol. The molecule has 2 aliphatic carbocycles. The maximum atomic E-state index is 6.15. The third kappa shape index (κ3) is 1.97. The van der Waals surface area contributed by atoms with E-state index in [-0.39, 0.29) is 0 Å². The van der Waals surface area contributed by atoms with Crippen molar-refractivity contribution in [2.75, 3.05) is 0 Å². The van der Waals surface area contributed by atoms with Crippen LogP contribution in [0.5, 0.6) is 0 Å². The fraction of sp³-hybridized carbons (Fsp3) is 0.562. The van der Waals surface area contributed by atoms with Gasteiger partial charge in [-0.2, -0.15) is 0 Å². The highest BCUT2D eigenvalue weighted by Gasteiger charge is 2.43. The standard InChI is InChI=1S/C16H19ClN2/c1-10-2-7-14-13(8-10)18-15(9-17)19(14)16(11-3-4-11)12-5-6-12/h2,7-8,11-12,16H,3-6,9H2,1H3. The first-order chi connectivity index (χ1) is 9.28. The van der Waals surface area contributed by atoms with Crippen molar-refractivity contribution in [1.29, 1.82) is 0 Å². The van der Waals surface area contributed by atoms with E-state index in [4.69, 9.17) is 16.6 Å². The van der Waals surface area contributed by atoms with Gasteiger partial charge in [0.1, 0.15) is 5.82 Å². The molecular formula is C16H19ClN2. The maximum Gasteiger partial charge on any atom is 0.125 e. The van der Waals surface area contributed by atoms with E-state index in [0.717, 1.165) is 23.2 Å². The molecule has 4 rings (SSSR count). The summed E-state index contributed by atoms with van der Waals surface area (Å²) < 4.78 is 2.47. The molecule has 0 bridgehead atoms. The minimum Gasteiger partial charge on any atom is -0.323 e. The van der Waals surface area contributed by atoms with Crippen LogP contribution in [0.25, 0.3) is 11.0 Å². The number of hydrogen-bond acceptors (Lipinski definition) is 1. The number of benzene rings is 1. The molecule has 0 atom stereocenters. The fourth-order valence-corrected chi connectivity index (χ4v) is 3.56. The van der Waals surface area contributed by atoms with Crippen molar-refractivity contribution in [1.82, 2.24) is 9.55 Å². The first-order valence-electron chi connectivity index (χ1n) is 7.31. The summed E-state index contributed by atoms with van der Waals surface area (Å²) in [6.07, 6.45) is 5.53. The predicted octanol–water partition coefficient (Wildman–Crippen LogP) is 4.44. The SMILES string of the molecule is Cc1ccc2c(c1)nc(CCl)n2C(C1CC1)C1CC1. The van der Waals surface area contributed by atoms with Crippen molar-refractivity contribution < 1.29 is 0 Å². The second kappa shape index (κ2) is 4.24. The van der Waals surface area contributed by atoms with E-state index in [9.17, 15) is 0 Å². The average molecular weight is 275 g/mol. The second-order valence-corrected chi connectivity index (χ2v) is 6.46. The van der Waals surface area contributed by atoms with Crippen molar-refractivity contribution in [3.63, 3.8) is 0 Å². The number of alkyl halides is 1. The molecule has 0 aliphatic heterocycles. The highest BCUT2D eigenvalue weighted by molar-refractivity contribution is 6.16. The molecule has 0 unspecified atom stereocenters. The van der Waals surface area contributed by atoms with Crippen LogP contribution >= 0.6 is 11.6 Å². The van der Waals surface area contributed by atoms with Gasteiger partial charge in [0, 0.05) is 6.04 Å². The van der Waals surface area contributed by atoms with Gasteiger partial charge in [-0.15, -0.1) is 11.6 Å². The van der Waals surface area contributed by atoms with Gasteiger partial charge in [-0.3, -0.25) is 0 Å². The summed E-state index contributed by atoms with van der Waals surface area (Å²) in [4.78, 5) is 4.76. The van der Waals surface area contributed by atoms with Crippen LogP contribution in [0.4, 0.5) is 0 Å². The molecule has 1 aromatic carbocycles. The third-order valence-electron chi connectivity index (χ3n) is 4.55. The van der Waals surface area contributed by atoms with Gasteiger partial charge >= 0.3 is 0 Å². The number of rotatable bonds is 4. The topological polar surface area (TPSA) is 17.8 Å². The number of halogens is 1. The van der Waals surface area contributed by atoms with E-state index in [1.54, 1.807) is 0 Å². The maximum absolute atomic E-state index is 6.15. The Morgan fingerprint density at radius 1 is 1.26 bits per heavy atom. The molecule has 1 heterocycles. The Bertz CT molecular complexity index is 611. The normalized spacial score (nSPS) is 19.5. The Hall–Kier alpha value is -1.02. The van der Waals surface area contributed by atoms with E-state index in [1.165, 1.54) is 36.8 Å². The van der Waals surface area contributed by atoms with Crippen LogP contribution in [-0.4, -0.2) is 9.55 Å². The molecule has 19 heavy (non-hydrogen) atoms. The van der Waals surface area contributed by atoms with Crippen molar-refractivity contribution in [3.8, 4) is 0 Å². The molecule has 0 spiro atoms. The van der Waals surface area contributed by atoms with Gasteiger partial charge in [0.05, 0.1) is 16.9 Å². The van der Waals surface area contributed by atoms with Gasteiger partial charge < -0.3 is 4.57 Å². The van der Waals surface area contributed by atoms with E-state index >= 15 is 0 Å². The van der Waals surface area contributed by atoms with Crippen LogP contribution in [0.15, 0.2) is 18.2 Å². The van der Waals surface area contributed by atoms with Gasteiger partial charge in [-0.1, -0.05) is 6.07 Å². The minimum atomic E-state index is 0.518. The highest BCUT2D eigenvalue weighted by Crippen LogP contribution is 2.53. The Morgan fingerprint density at radius 2 is 1.95 bits per heavy atom. The van der Waals surface area contributed by atoms with Crippen LogP contribution in [0.2, 0.25) is 0 Å². The van der Waals surface area contributed by atoms with Crippen molar-refractivity contribution in [2.45, 2.75) is 44.5 Å². The Kier molecular flexibility index (Phi) is 2.63. The van der Waals surface area contributed by atoms with E-state index < -0.39 is 0 Å². The van der Waals surface area contributed by atoms with Crippen molar-refractivity contribution in [2.24, 2.45) is 11.8 Å². The number of imidazole rings is 1. The van der Waals surface area contributed by atoms with Gasteiger partial charge in [0.2, 0.25) is 0 Å². The zero-order valence-electron chi connectivity index (χ0n) is 11.3. The lowest BCUT2D eigenvalue weighted by atomic mass is 10.1. The lowest BCUT2D eigenvalue weighted by Crippen LogP contribution is -2.15. The second-order valence-electron chi connectivity index (χ2n) is 6.19. The molecule has 3 heteroatoms. The molecule has 0 amide bonds. The van der Waals surface area contributed by atoms with Crippen LogP contribution in [0.3, 0.4) is 0 Å². The fourth-order valence-electron chi connectivity index (χ4n) is 3.37. The summed E-state index contributed by atoms with van der Waals surface area (Å²) in [5, 5.41) is 0. The van der Waals surface area contributed by atoms with Gasteiger partial charge in [-0.05, 0) is 62.1 Å². The van der Waals surface area contributed by atoms with Gasteiger partial charge in [-0.25, -0.2) is 4.98 Å². The molecule has 2 saturated carbocycles. The molecule has 1 aromatic heterocycles. The van der Waals surface area contributed by atoms with Crippen molar-refractivity contribution >= 4 is 22.6 Å². The van der Waals surface area contributed by atoms with Crippen LogP contribution in [0.1, 0.15) is 43.1 Å². The molecule has 2 aliphatic rings. The summed E-state index contributed by atoms with van der Waals surface area (Å²) in [5.41, 5.74) is 3.67. The van der Waals surface area contributed by atoms with Crippen LogP contribution in [0, 0.1) is 18.8 Å². The third-order valence-corrected chi connectivity index (χ3v) is 4.78. The Labute approximate surface area is 118 Å². The largest absolute Gasteiger partial charge is 0.323 e. The first-order valence-corrected chi connectivity index (χ1v) is 7.85. The number of nitrogens with zero attached hydrogens (tertiary/aromatic N) is 2. The summed E-state index contributed by atoms with van der Waals surface area (Å²) in [6, 6.07) is 7.25. The van der Waals surface area contributed by atoms with Crippen LogP contribution < -0.4 is 0 Å². The van der Waals surface area contributed by atoms with E-state index in [1.807, 2.05) is 0 Å². The van der Waals surface area contributed by atoms with Crippen LogP contribution in [-0.2, 0) is 5.88 Å². The smallest absolute Gasteiger partial charge is 0.125 e. The molecule has 0 radical (unpaired) electrons. The monoisotopic (exact) mass is 274 g/mol. The molecule has 2 nitrogen and oxygen atoms in total. The summed E-state index contributed by atoms with van der Waals surface area (Å²) in [5.74, 6) is 3.32. The Balaban J connectivity index is 1.90. The lowest BCUT2D eigenvalue weighted by Gasteiger charge is -2.21. The zero-order valence-corrected chi connectivity index (χ0v) is 12.0. The minimum absolute atomic E-state index is 0.518. The predicted molar refractivity (Wildman–Crippen MR) is 78.5 cm³/mol. The number of aryl methyl sites for hydroxylation is 1. The van der Waals surface area contributed by atoms with Gasteiger partial charge in [0.15, 0.2) is 0 Å². The lowest BCUT2D eigenvalue weighted by molar-refractivity contribution is 0.396. The molecule has 0 saturated heterocycles. The average Bonchev–Trinajstić information content (AvgIpc) is 3.28. The molecule has 100 valence electrons. The molecule has 0 N–H and O–H groups in total. The molecule has 2 fully saturated rings. The number of fused-ring (bicyclic) bond motifs is 1. The summed E-state index contributed by atoms with van der Waals surface area (Å²) in [6.45, 7) is 2.12. The first kappa shape index (κ1) is 11.8. The number of aromatic nitrogens is 2.